The zero-order valence-corrected chi connectivity index (χ0v) is 10.2. The van der Waals surface area contributed by atoms with Crippen LogP contribution in [0.4, 0.5) is 0 Å². The molecule has 0 N–H and O–H groups in total. The van der Waals surface area contributed by atoms with E-state index >= 15 is 0 Å². The number of nitrogens with zero attached hydrogens (tertiary/aromatic N) is 1. The fraction of sp³-hybridized carbons (Fsp3) is 0.500. The van der Waals surface area contributed by atoms with Gasteiger partial charge in [-0.05, 0) is 0 Å². The summed E-state index contributed by atoms with van der Waals surface area (Å²) in [5.74, 6) is -0.436. The van der Waals surface area contributed by atoms with Crippen molar-refractivity contribution in [2.45, 2.75) is 9.59 Å². The van der Waals surface area contributed by atoms with Crippen molar-refractivity contribution in [1.82, 2.24) is 4.98 Å². The smallest absolute Gasteiger partial charge is 0.351 e. The molecule has 0 aliphatic carbocycles. The van der Waals surface area contributed by atoms with E-state index in [2.05, 4.69) is 9.72 Å². The van der Waals surface area contributed by atoms with E-state index in [4.69, 9.17) is 16.3 Å². The number of halogens is 1. The van der Waals surface area contributed by atoms with Crippen molar-refractivity contribution in [3.8, 4) is 0 Å². The third kappa shape index (κ3) is 2.44. The molecule has 15 heavy (non-hydrogen) atoms. The van der Waals surface area contributed by atoms with Crippen molar-refractivity contribution < 1.29 is 14.3 Å². The van der Waals surface area contributed by atoms with Gasteiger partial charge in [-0.15, -0.1) is 0 Å². The second-order valence-corrected chi connectivity index (χ2v) is 5.77. The Bertz CT molecular complexity index is 378. The zero-order chi connectivity index (χ0) is 10.8. The maximum absolute atomic E-state index is 11.2. The summed E-state index contributed by atoms with van der Waals surface area (Å²) in [4.78, 5) is 15.7. The van der Waals surface area contributed by atoms with Gasteiger partial charge < -0.3 is 9.47 Å². The van der Waals surface area contributed by atoms with Crippen LogP contribution in [0.25, 0.3) is 0 Å². The molecule has 1 aromatic rings. The first-order chi connectivity index (χ1) is 7.20. The van der Waals surface area contributed by atoms with E-state index in [-0.39, 0.29) is 5.15 Å². The highest BCUT2D eigenvalue weighted by atomic mass is 35.5. The van der Waals surface area contributed by atoms with Crippen molar-refractivity contribution in [1.29, 1.82) is 0 Å². The summed E-state index contributed by atoms with van der Waals surface area (Å²) in [6.45, 7) is 1.46. The third-order valence-electron chi connectivity index (χ3n) is 1.81. The van der Waals surface area contributed by atoms with Crippen LogP contribution in [0.1, 0.15) is 9.67 Å². The van der Waals surface area contributed by atoms with E-state index in [0.717, 1.165) is 17.6 Å². The molecule has 0 amide bonds. The molecule has 1 aliphatic rings. The number of thioether (sulfide) groups is 1. The fourth-order valence-corrected chi connectivity index (χ4v) is 3.57. The predicted octanol–water partition coefficient (Wildman–Crippen LogP) is 2.07. The highest BCUT2D eigenvalue weighted by Crippen LogP contribution is 2.35. The van der Waals surface area contributed by atoms with Gasteiger partial charge in [0.05, 0.1) is 25.6 Å². The number of rotatable bonds is 3. The molecule has 7 heteroatoms. The molecule has 0 spiro atoms. The summed E-state index contributed by atoms with van der Waals surface area (Å²) in [6.07, 6.45) is 0. The zero-order valence-electron chi connectivity index (χ0n) is 7.86. The standard InChI is InChI=1S/C8H8ClNO3S2/c1-12-7(11)5-6(9)10-8(15-5)14-4-2-13-3-4/h4H,2-3H2,1H3. The van der Waals surface area contributed by atoms with Crippen LogP contribution in [0.15, 0.2) is 4.34 Å². The molecule has 0 unspecified atom stereocenters. The molecule has 1 aromatic heterocycles. The maximum atomic E-state index is 11.2. The highest BCUT2D eigenvalue weighted by molar-refractivity contribution is 8.01. The number of carbonyl (C=O) groups excluding carboxylic acids is 1. The first-order valence-electron chi connectivity index (χ1n) is 4.19. The molecular formula is C8H8ClNO3S2. The van der Waals surface area contributed by atoms with Gasteiger partial charge in [0.25, 0.3) is 0 Å². The Morgan fingerprint density at radius 2 is 2.47 bits per heavy atom. The second kappa shape index (κ2) is 4.69. The van der Waals surface area contributed by atoms with Gasteiger partial charge in [0.15, 0.2) is 14.4 Å². The summed E-state index contributed by atoms with van der Waals surface area (Å²) in [5.41, 5.74) is 0. The van der Waals surface area contributed by atoms with Gasteiger partial charge in [0.2, 0.25) is 0 Å². The lowest BCUT2D eigenvalue weighted by molar-refractivity contribution is 0.0455. The first kappa shape index (κ1) is 11.2. The largest absolute Gasteiger partial charge is 0.465 e. The average Bonchev–Trinajstić information content (AvgIpc) is 2.52. The van der Waals surface area contributed by atoms with Crippen LogP contribution < -0.4 is 0 Å². The van der Waals surface area contributed by atoms with E-state index in [1.54, 1.807) is 11.8 Å². The Labute approximate surface area is 99.9 Å². The normalized spacial score (nSPS) is 16.1. The predicted molar refractivity (Wildman–Crippen MR) is 58.9 cm³/mol. The number of thiazole rings is 1. The number of hydrogen-bond donors (Lipinski definition) is 0. The summed E-state index contributed by atoms with van der Waals surface area (Å²) in [7, 11) is 1.32. The van der Waals surface area contributed by atoms with Crippen molar-refractivity contribution in [3.63, 3.8) is 0 Å². The molecule has 1 fully saturated rings. The Kier molecular flexibility index (Phi) is 3.50. The number of hydrogen-bond acceptors (Lipinski definition) is 6. The molecule has 0 bridgehead atoms. The molecule has 2 rings (SSSR count). The van der Waals surface area contributed by atoms with Gasteiger partial charge >= 0.3 is 5.97 Å². The SMILES string of the molecule is COC(=O)c1sc(SC2COC2)nc1Cl. The number of aromatic nitrogens is 1. The number of methoxy groups -OCH3 is 1. The summed E-state index contributed by atoms with van der Waals surface area (Å²) in [5, 5.41) is 0.646. The van der Waals surface area contributed by atoms with Crippen molar-refractivity contribution in [3.05, 3.63) is 10.0 Å². The lowest BCUT2D eigenvalue weighted by atomic mass is 10.4. The van der Waals surface area contributed by atoms with Gasteiger partial charge in [-0.2, -0.15) is 0 Å². The lowest BCUT2D eigenvalue weighted by Gasteiger charge is -2.23. The number of ether oxygens (including phenoxy) is 2. The number of carbonyl (C=O) groups is 1. The van der Waals surface area contributed by atoms with Crippen molar-refractivity contribution in [2.24, 2.45) is 0 Å². The van der Waals surface area contributed by atoms with Crippen LogP contribution in [-0.2, 0) is 9.47 Å². The highest BCUT2D eigenvalue weighted by Gasteiger charge is 2.24. The Morgan fingerprint density at radius 1 is 1.73 bits per heavy atom. The summed E-state index contributed by atoms with van der Waals surface area (Å²) >= 11 is 8.66. The van der Waals surface area contributed by atoms with Crippen LogP contribution in [0, 0.1) is 0 Å². The van der Waals surface area contributed by atoms with Crippen molar-refractivity contribution >= 4 is 40.7 Å². The molecule has 0 saturated carbocycles. The van der Waals surface area contributed by atoms with E-state index in [0.29, 0.717) is 10.1 Å². The molecule has 0 aromatic carbocycles. The Balaban J connectivity index is 2.09. The molecule has 1 aliphatic heterocycles. The van der Waals surface area contributed by atoms with Gasteiger partial charge in [0.1, 0.15) is 0 Å². The van der Waals surface area contributed by atoms with Crippen LogP contribution in [0.3, 0.4) is 0 Å². The van der Waals surface area contributed by atoms with E-state index in [1.165, 1.54) is 18.4 Å². The average molecular weight is 266 g/mol. The minimum absolute atomic E-state index is 0.217. The third-order valence-corrected chi connectivity index (χ3v) is 4.46. The van der Waals surface area contributed by atoms with E-state index in [9.17, 15) is 4.79 Å². The summed E-state index contributed by atoms with van der Waals surface area (Å²) in [6, 6.07) is 0. The minimum Gasteiger partial charge on any atom is -0.465 e. The number of esters is 1. The van der Waals surface area contributed by atoms with Gasteiger partial charge in [-0.1, -0.05) is 34.7 Å². The molecule has 0 radical (unpaired) electrons. The maximum Gasteiger partial charge on any atom is 0.351 e. The molecule has 1 saturated heterocycles. The molecule has 4 nitrogen and oxygen atoms in total. The summed E-state index contributed by atoms with van der Waals surface area (Å²) < 4.78 is 10.4. The monoisotopic (exact) mass is 265 g/mol. The minimum atomic E-state index is -0.436. The lowest BCUT2D eigenvalue weighted by Crippen LogP contribution is -2.29. The van der Waals surface area contributed by atoms with Gasteiger partial charge in [0, 0.05) is 0 Å². The van der Waals surface area contributed by atoms with E-state index in [1.807, 2.05) is 0 Å². The first-order valence-corrected chi connectivity index (χ1v) is 6.27. The molecule has 82 valence electrons. The quantitative estimate of drug-likeness (QED) is 0.783. The van der Waals surface area contributed by atoms with E-state index < -0.39 is 5.97 Å². The van der Waals surface area contributed by atoms with Crippen LogP contribution >= 0.6 is 34.7 Å². The molecule has 0 atom stereocenters. The van der Waals surface area contributed by atoms with Crippen LogP contribution in [0.5, 0.6) is 0 Å². The van der Waals surface area contributed by atoms with Gasteiger partial charge in [-0.3, -0.25) is 0 Å². The van der Waals surface area contributed by atoms with Crippen LogP contribution in [0.2, 0.25) is 5.15 Å². The van der Waals surface area contributed by atoms with Crippen molar-refractivity contribution in [2.75, 3.05) is 20.3 Å². The Morgan fingerprint density at radius 3 is 3.00 bits per heavy atom. The fourth-order valence-electron chi connectivity index (χ4n) is 0.977. The second-order valence-electron chi connectivity index (χ2n) is 2.87. The van der Waals surface area contributed by atoms with Gasteiger partial charge in [-0.25, -0.2) is 9.78 Å². The molecule has 2 heterocycles. The Hall–Kier alpha value is -0.300. The molecular weight excluding hydrogens is 258 g/mol. The topological polar surface area (TPSA) is 48.4 Å². The van der Waals surface area contributed by atoms with Crippen LogP contribution in [-0.4, -0.2) is 36.5 Å².